The second-order valence-corrected chi connectivity index (χ2v) is 6.14. The first kappa shape index (κ1) is 16.6. The predicted octanol–water partition coefficient (Wildman–Crippen LogP) is 3.87. The fraction of sp³-hybridized carbons (Fsp3) is 0.278. The highest BCUT2D eigenvalue weighted by atomic mass is 19.4. The van der Waals surface area contributed by atoms with Gasteiger partial charge in [0.1, 0.15) is 12.2 Å². The Kier molecular flexibility index (Phi) is 4.10. The maximum atomic E-state index is 12.4. The highest BCUT2D eigenvalue weighted by molar-refractivity contribution is 5.81. The van der Waals surface area contributed by atoms with E-state index in [1.807, 2.05) is 28.9 Å². The highest BCUT2D eigenvalue weighted by Gasteiger charge is 2.27. The van der Waals surface area contributed by atoms with Gasteiger partial charge < -0.3 is 9.72 Å². The van der Waals surface area contributed by atoms with Gasteiger partial charge in [-0.1, -0.05) is 6.08 Å². The van der Waals surface area contributed by atoms with E-state index >= 15 is 0 Å². The van der Waals surface area contributed by atoms with Crippen LogP contribution < -0.4 is 5.32 Å². The van der Waals surface area contributed by atoms with E-state index in [1.165, 1.54) is 0 Å². The summed E-state index contributed by atoms with van der Waals surface area (Å²) < 4.78 is 39.1. The van der Waals surface area contributed by atoms with Gasteiger partial charge in [0.2, 0.25) is 5.95 Å². The molecule has 3 heterocycles. The standard InChI is InChI=1S/C18H16F3N5/c19-18(20,21)11-24-17-23-9-14-13(3-1-2-4-15(14)25-17)12-5-6-16-22-7-8-26(16)10-12/h3,5-10H,1-2,4,11H2,(H,23,24,25). The average Bonchev–Trinajstić information content (AvgIpc) is 2.97. The Hall–Kier alpha value is -2.90. The van der Waals surface area contributed by atoms with Crippen molar-refractivity contribution in [1.29, 1.82) is 0 Å². The molecule has 0 saturated carbocycles. The summed E-state index contributed by atoms with van der Waals surface area (Å²) in [6.45, 7) is -1.15. The Labute approximate surface area is 147 Å². The number of hydrogen-bond acceptors (Lipinski definition) is 4. The summed E-state index contributed by atoms with van der Waals surface area (Å²) in [7, 11) is 0. The van der Waals surface area contributed by atoms with Crippen LogP contribution in [0.1, 0.15) is 29.7 Å². The number of aromatic nitrogens is 4. The van der Waals surface area contributed by atoms with E-state index in [0.29, 0.717) is 6.42 Å². The smallest absolute Gasteiger partial charge is 0.345 e. The largest absolute Gasteiger partial charge is 0.405 e. The second kappa shape index (κ2) is 6.44. The van der Waals surface area contributed by atoms with E-state index in [1.54, 1.807) is 12.4 Å². The number of alkyl halides is 3. The summed E-state index contributed by atoms with van der Waals surface area (Å²) in [5, 5.41) is 2.25. The zero-order valence-corrected chi connectivity index (χ0v) is 13.8. The summed E-state index contributed by atoms with van der Waals surface area (Å²) in [6, 6.07) is 3.92. The fourth-order valence-corrected chi connectivity index (χ4v) is 3.08. The minimum Gasteiger partial charge on any atom is -0.345 e. The zero-order valence-electron chi connectivity index (χ0n) is 13.8. The summed E-state index contributed by atoms with van der Waals surface area (Å²) in [4.78, 5) is 12.6. The molecule has 0 bridgehead atoms. The summed E-state index contributed by atoms with van der Waals surface area (Å²) in [5.41, 5.74) is 4.47. The summed E-state index contributed by atoms with van der Waals surface area (Å²) in [5.74, 6) is 0.00684. The number of aryl methyl sites for hydroxylation is 1. The number of allylic oxidation sites excluding steroid dienone is 1. The van der Waals surface area contributed by atoms with Gasteiger partial charge >= 0.3 is 6.18 Å². The first-order chi connectivity index (χ1) is 12.5. The van der Waals surface area contributed by atoms with Gasteiger partial charge in [-0.3, -0.25) is 0 Å². The van der Waals surface area contributed by atoms with E-state index < -0.39 is 12.7 Å². The maximum absolute atomic E-state index is 12.4. The first-order valence-electron chi connectivity index (χ1n) is 8.30. The molecule has 0 amide bonds. The van der Waals surface area contributed by atoms with Crippen molar-refractivity contribution in [2.45, 2.75) is 25.4 Å². The highest BCUT2D eigenvalue weighted by Crippen LogP contribution is 2.30. The van der Waals surface area contributed by atoms with Crippen LogP contribution in [0.15, 0.2) is 43.0 Å². The van der Waals surface area contributed by atoms with Gasteiger partial charge in [0.15, 0.2) is 0 Å². The van der Waals surface area contributed by atoms with Crippen molar-refractivity contribution in [3.63, 3.8) is 0 Å². The molecule has 3 aromatic heterocycles. The lowest BCUT2D eigenvalue weighted by molar-refractivity contribution is -0.115. The van der Waals surface area contributed by atoms with E-state index in [9.17, 15) is 13.2 Å². The maximum Gasteiger partial charge on any atom is 0.405 e. The van der Waals surface area contributed by atoms with Crippen LogP contribution >= 0.6 is 0 Å². The number of hydrogen-bond donors (Lipinski definition) is 1. The van der Waals surface area contributed by atoms with Crippen molar-refractivity contribution in [3.05, 3.63) is 59.8 Å². The molecule has 4 rings (SSSR count). The van der Waals surface area contributed by atoms with Crippen molar-refractivity contribution >= 4 is 17.2 Å². The van der Waals surface area contributed by atoms with Gasteiger partial charge in [-0.05, 0) is 42.5 Å². The Bertz CT molecular complexity index is 974. The van der Waals surface area contributed by atoms with Gasteiger partial charge in [0.05, 0.1) is 5.69 Å². The van der Waals surface area contributed by atoms with Crippen molar-refractivity contribution in [2.75, 3.05) is 11.9 Å². The van der Waals surface area contributed by atoms with Gasteiger partial charge in [-0.2, -0.15) is 13.2 Å². The molecule has 0 fully saturated rings. The number of pyridine rings is 1. The van der Waals surface area contributed by atoms with Crippen LogP contribution in [0.25, 0.3) is 11.2 Å². The first-order valence-corrected chi connectivity index (χ1v) is 8.30. The fourth-order valence-electron chi connectivity index (χ4n) is 3.08. The monoisotopic (exact) mass is 359 g/mol. The predicted molar refractivity (Wildman–Crippen MR) is 91.8 cm³/mol. The van der Waals surface area contributed by atoms with Gasteiger partial charge in [0.25, 0.3) is 0 Å². The Morgan fingerprint density at radius 3 is 2.92 bits per heavy atom. The van der Waals surface area contributed by atoms with Crippen molar-refractivity contribution in [1.82, 2.24) is 19.4 Å². The molecule has 26 heavy (non-hydrogen) atoms. The molecule has 1 aliphatic carbocycles. The van der Waals surface area contributed by atoms with Gasteiger partial charge in [-0.25, -0.2) is 15.0 Å². The number of fused-ring (bicyclic) bond motifs is 2. The number of halogens is 3. The van der Waals surface area contributed by atoms with E-state index in [0.717, 1.165) is 40.9 Å². The molecule has 0 aliphatic heterocycles. The molecule has 0 saturated heterocycles. The summed E-state index contributed by atoms with van der Waals surface area (Å²) in [6.07, 6.45) is 7.49. The van der Waals surface area contributed by atoms with Gasteiger partial charge in [-0.15, -0.1) is 0 Å². The molecule has 0 unspecified atom stereocenters. The molecule has 1 N–H and O–H groups in total. The van der Waals surface area contributed by atoms with Crippen LogP contribution in [0, 0.1) is 0 Å². The van der Waals surface area contributed by atoms with E-state index in [4.69, 9.17) is 0 Å². The van der Waals surface area contributed by atoms with Gasteiger partial charge in [0, 0.05) is 30.4 Å². The number of rotatable bonds is 3. The Balaban J connectivity index is 1.69. The minimum atomic E-state index is -4.30. The van der Waals surface area contributed by atoms with E-state index in [2.05, 4.69) is 26.3 Å². The average molecular weight is 359 g/mol. The number of anilines is 1. The van der Waals surface area contributed by atoms with Crippen molar-refractivity contribution < 1.29 is 13.2 Å². The Morgan fingerprint density at radius 2 is 2.08 bits per heavy atom. The van der Waals surface area contributed by atoms with Crippen molar-refractivity contribution in [2.24, 2.45) is 0 Å². The lowest BCUT2D eigenvalue weighted by Crippen LogP contribution is -2.22. The molecule has 0 spiro atoms. The third-order valence-electron chi connectivity index (χ3n) is 4.27. The molecule has 5 nitrogen and oxygen atoms in total. The summed E-state index contributed by atoms with van der Waals surface area (Å²) >= 11 is 0. The number of nitrogens with zero attached hydrogens (tertiary/aromatic N) is 4. The zero-order chi connectivity index (χ0) is 18.1. The third kappa shape index (κ3) is 3.40. The second-order valence-electron chi connectivity index (χ2n) is 6.14. The lowest BCUT2D eigenvalue weighted by Gasteiger charge is -2.13. The molecular weight excluding hydrogens is 343 g/mol. The topological polar surface area (TPSA) is 55.1 Å². The third-order valence-corrected chi connectivity index (χ3v) is 4.27. The normalized spacial score (nSPS) is 14.7. The molecule has 0 radical (unpaired) electrons. The molecule has 134 valence electrons. The van der Waals surface area contributed by atoms with Crippen LogP contribution in [0.2, 0.25) is 0 Å². The minimum absolute atomic E-state index is 0.00684. The van der Waals surface area contributed by atoms with Crippen LogP contribution in [0.5, 0.6) is 0 Å². The van der Waals surface area contributed by atoms with Crippen LogP contribution in [0.4, 0.5) is 19.1 Å². The number of nitrogens with one attached hydrogen (secondary N) is 1. The van der Waals surface area contributed by atoms with Crippen LogP contribution in [-0.4, -0.2) is 32.1 Å². The molecule has 0 aromatic carbocycles. The molecular formula is C18H16F3N5. The Morgan fingerprint density at radius 1 is 1.19 bits per heavy atom. The molecule has 8 heteroatoms. The molecule has 0 atom stereocenters. The quantitative estimate of drug-likeness (QED) is 0.771. The SMILES string of the molecule is FC(F)(F)CNc1ncc2c(n1)CCCC=C2c1ccc2nccn2c1. The molecule has 1 aliphatic rings. The van der Waals surface area contributed by atoms with Crippen molar-refractivity contribution in [3.8, 4) is 0 Å². The van der Waals surface area contributed by atoms with Crippen LogP contribution in [0.3, 0.4) is 0 Å². The van der Waals surface area contributed by atoms with Crippen LogP contribution in [-0.2, 0) is 6.42 Å². The molecule has 3 aromatic rings. The number of imidazole rings is 1. The lowest BCUT2D eigenvalue weighted by atomic mass is 9.99. The van der Waals surface area contributed by atoms with E-state index in [-0.39, 0.29) is 5.95 Å².